The first-order valence-corrected chi connectivity index (χ1v) is 10.6. The number of hydrogen-bond acceptors (Lipinski definition) is 3. The van der Waals surface area contributed by atoms with E-state index < -0.39 is 5.82 Å². The first kappa shape index (κ1) is 19.5. The Labute approximate surface area is 179 Å². The average Bonchev–Trinajstić information content (AvgIpc) is 3.14. The zero-order chi connectivity index (χ0) is 20.7. The van der Waals surface area contributed by atoms with E-state index in [1.165, 1.54) is 22.7 Å². The van der Waals surface area contributed by atoms with Gasteiger partial charge in [0.05, 0.1) is 24.3 Å². The Morgan fingerprint density at radius 3 is 2.97 bits per heavy atom. The van der Waals surface area contributed by atoms with Crippen molar-refractivity contribution in [3.05, 3.63) is 70.1 Å². The fourth-order valence-electron chi connectivity index (χ4n) is 4.43. The molecule has 0 saturated carbocycles. The van der Waals surface area contributed by atoms with Crippen molar-refractivity contribution < 1.29 is 13.9 Å². The Morgan fingerprint density at radius 1 is 1.23 bits per heavy atom. The van der Waals surface area contributed by atoms with Gasteiger partial charge in [-0.15, -0.1) is 0 Å². The summed E-state index contributed by atoms with van der Waals surface area (Å²) in [6.45, 7) is 3.52. The van der Waals surface area contributed by atoms with Crippen LogP contribution < -0.4 is 0 Å². The van der Waals surface area contributed by atoms with Crippen LogP contribution in [0, 0.1) is 5.82 Å². The van der Waals surface area contributed by atoms with Crippen molar-refractivity contribution in [2.75, 3.05) is 32.8 Å². The van der Waals surface area contributed by atoms with Gasteiger partial charge in [0.15, 0.2) is 0 Å². The number of para-hydroxylation sites is 1. The second kappa shape index (κ2) is 8.02. The lowest BCUT2D eigenvalue weighted by Crippen LogP contribution is -2.46. The summed E-state index contributed by atoms with van der Waals surface area (Å²) in [4.78, 5) is 20.6. The highest BCUT2D eigenvalue weighted by Crippen LogP contribution is 2.29. The van der Waals surface area contributed by atoms with E-state index in [4.69, 9.17) is 16.3 Å². The van der Waals surface area contributed by atoms with Crippen LogP contribution in [-0.2, 0) is 22.5 Å². The minimum absolute atomic E-state index is 0.0900. The van der Waals surface area contributed by atoms with Crippen LogP contribution in [0.15, 0.2) is 42.5 Å². The topological polar surface area (TPSA) is 48.6 Å². The molecule has 2 aliphatic heterocycles. The number of rotatable bonds is 3. The largest absolute Gasteiger partial charge is 0.371 e. The predicted molar refractivity (Wildman–Crippen MR) is 114 cm³/mol. The number of fused-ring (bicyclic) bond motifs is 3. The number of amides is 1. The van der Waals surface area contributed by atoms with Gasteiger partial charge in [-0.2, -0.15) is 0 Å². The van der Waals surface area contributed by atoms with Crippen LogP contribution in [0.1, 0.15) is 22.9 Å². The standard InChI is InChI=1S/C23H23ClFN3O2/c24-18-11-15(5-6-19(18)25)22-13-27(9-10-30-22)14-23(29)28-8-7-21-17(12-28)16-3-1-2-4-20(16)26-21/h1-6,11,22,26H,7-10,12-14H2. The van der Waals surface area contributed by atoms with Crippen molar-refractivity contribution in [3.8, 4) is 0 Å². The van der Waals surface area contributed by atoms with Crippen LogP contribution >= 0.6 is 11.6 Å². The molecule has 0 spiro atoms. The first-order valence-electron chi connectivity index (χ1n) is 10.2. The number of aromatic nitrogens is 1. The van der Waals surface area contributed by atoms with E-state index in [1.54, 1.807) is 12.1 Å². The van der Waals surface area contributed by atoms with Crippen LogP contribution in [0.25, 0.3) is 10.9 Å². The van der Waals surface area contributed by atoms with Gasteiger partial charge in [-0.3, -0.25) is 9.69 Å². The SMILES string of the molecule is O=C(CN1CCOC(c2ccc(F)c(Cl)c2)C1)N1CCc2[nH]c3ccccc3c2C1. The number of nitrogens with one attached hydrogen (secondary N) is 1. The molecule has 1 N–H and O–H groups in total. The Morgan fingerprint density at radius 2 is 2.10 bits per heavy atom. The number of halogens is 2. The van der Waals surface area contributed by atoms with Gasteiger partial charge < -0.3 is 14.6 Å². The summed E-state index contributed by atoms with van der Waals surface area (Å²) < 4.78 is 19.3. The van der Waals surface area contributed by atoms with Crippen molar-refractivity contribution in [3.63, 3.8) is 0 Å². The third kappa shape index (κ3) is 3.71. The van der Waals surface area contributed by atoms with Gasteiger partial charge in [0.25, 0.3) is 0 Å². The van der Waals surface area contributed by atoms with Gasteiger partial charge in [0.1, 0.15) is 5.82 Å². The molecular weight excluding hydrogens is 405 g/mol. The number of aromatic amines is 1. The molecule has 156 valence electrons. The van der Waals surface area contributed by atoms with Gasteiger partial charge in [-0.25, -0.2) is 4.39 Å². The molecule has 30 heavy (non-hydrogen) atoms. The number of ether oxygens (including phenoxy) is 1. The smallest absolute Gasteiger partial charge is 0.237 e. The number of carbonyl (C=O) groups excluding carboxylic acids is 1. The second-order valence-electron chi connectivity index (χ2n) is 7.96. The molecule has 3 aromatic rings. The summed E-state index contributed by atoms with van der Waals surface area (Å²) in [6, 6.07) is 12.9. The van der Waals surface area contributed by atoms with Crippen molar-refractivity contribution >= 4 is 28.4 Å². The molecule has 0 radical (unpaired) electrons. The van der Waals surface area contributed by atoms with Gasteiger partial charge in [-0.05, 0) is 23.8 Å². The molecule has 2 aromatic carbocycles. The van der Waals surface area contributed by atoms with Crippen molar-refractivity contribution in [2.45, 2.75) is 19.1 Å². The Kier molecular flexibility index (Phi) is 5.23. The van der Waals surface area contributed by atoms with E-state index in [2.05, 4.69) is 22.0 Å². The van der Waals surface area contributed by atoms with Gasteiger partial charge in [-0.1, -0.05) is 35.9 Å². The zero-order valence-electron chi connectivity index (χ0n) is 16.5. The molecule has 1 fully saturated rings. The van der Waals surface area contributed by atoms with E-state index in [9.17, 15) is 9.18 Å². The van der Waals surface area contributed by atoms with Crippen molar-refractivity contribution in [2.24, 2.45) is 0 Å². The monoisotopic (exact) mass is 427 g/mol. The molecule has 1 saturated heterocycles. The van der Waals surface area contributed by atoms with Gasteiger partial charge in [0.2, 0.25) is 5.91 Å². The summed E-state index contributed by atoms with van der Waals surface area (Å²) in [5, 5.41) is 1.29. The quantitative estimate of drug-likeness (QED) is 0.689. The van der Waals surface area contributed by atoms with Gasteiger partial charge >= 0.3 is 0 Å². The molecule has 1 amide bonds. The minimum atomic E-state index is -0.440. The van der Waals surface area contributed by atoms with E-state index >= 15 is 0 Å². The fraction of sp³-hybridized carbons (Fsp3) is 0.348. The van der Waals surface area contributed by atoms with Crippen molar-refractivity contribution in [1.82, 2.24) is 14.8 Å². The Bertz CT molecular complexity index is 1100. The molecule has 0 aliphatic carbocycles. The number of benzene rings is 2. The number of carbonyl (C=O) groups is 1. The van der Waals surface area contributed by atoms with E-state index in [0.717, 1.165) is 24.0 Å². The molecule has 7 heteroatoms. The van der Waals surface area contributed by atoms with E-state index in [1.807, 2.05) is 17.0 Å². The van der Waals surface area contributed by atoms with Crippen LogP contribution in [-0.4, -0.2) is 53.5 Å². The van der Waals surface area contributed by atoms with Crippen LogP contribution in [0.2, 0.25) is 5.02 Å². The fourth-order valence-corrected chi connectivity index (χ4v) is 4.62. The average molecular weight is 428 g/mol. The molecule has 5 rings (SSSR count). The zero-order valence-corrected chi connectivity index (χ0v) is 17.3. The summed E-state index contributed by atoms with van der Waals surface area (Å²) in [5.74, 6) is -0.311. The predicted octanol–water partition coefficient (Wildman–Crippen LogP) is 3.92. The molecule has 5 nitrogen and oxygen atoms in total. The molecule has 2 aliphatic rings. The maximum absolute atomic E-state index is 13.5. The van der Waals surface area contributed by atoms with Crippen molar-refractivity contribution in [1.29, 1.82) is 0 Å². The first-order chi connectivity index (χ1) is 14.6. The Balaban J connectivity index is 1.25. The third-order valence-electron chi connectivity index (χ3n) is 6.06. The second-order valence-corrected chi connectivity index (χ2v) is 8.37. The molecule has 1 unspecified atom stereocenters. The molecular formula is C23H23ClFN3O2. The van der Waals surface area contributed by atoms with Crippen LogP contribution in [0.3, 0.4) is 0 Å². The van der Waals surface area contributed by atoms with Crippen LogP contribution in [0.5, 0.6) is 0 Å². The van der Waals surface area contributed by atoms with E-state index in [0.29, 0.717) is 32.8 Å². The minimum Gasteiger partial charge on any atom is -0.371 e. The summed E-state index contributed by atoms with van der Waals surface area (Å²) in [6.07, 6.45) is 0.626. The summed E-state index contributed by atoms with van der Waals surface area (Å²) in [5.41, 5.74) is 4.43. The maximum Gasteiger partial charge on any atom is 0.237 e. The third-order valence-corrected chi connectivity index (χ3v) is 6.35. The van der Waals surface area contributed by atoms with E-state index in [-0.39, 0.29) is 17.0 Å². The number of H-pyrrole nitrogens is 1. The lowest BCUT2D eigenvalue weighted by molar-refractivity contribution is -0.135. The molecule has 1 aromatic heterocycles. The maximum atomic E-state index is 13.5. The summed E-state index contributed by atoms with van der Waals surface area (Å²) >= 11 is 5.92. The van der Waals surface area contributed by atoms with Crippen LogP contribution in [0.4, 0.5) is 4.39 Å². The number of nitrogens with zero attached hydrogens (tertiary/aromatic N) is 2. The molecule has 3 heterocycles. The highest BCUT2D eigenvalue weighted by molar-refractivity contribution is 6.30. The molecule has 1 atom stereocenters. The highest BCUT2D eigenvalue weighted by Gasteiger charge is 2.28. The lowest BCUT2D eigenvalue weighted by atomic mass is 10.0. The Hall–Kier alpha value is -2.41. The highest BCUT2D eigenvalue weighted by atomic mass is 35.5. The number of hydrogen-bond donors (Lipinski definition) is 1. The molecule has 0 bridgehead atoms. The summed E-state index contributed by atoms with van der Waals surface area (Å²) in [7, 11) is 0. The number of morpholine rings is 1. The lowest BCUT2D eigenvalue weighted by Gasteiger charge is -2.35. The normalized spacial score (nSPS) is 19.8. The van der Waals surface area contributed by atoms with Gasteiger partial charge in [0, 0.05) is 54.8 Å².